The van der Waals surface area contributed by atoms with Gasteiger partial charge in [0.05, 0.1) is 0 Å². The van der Waals surface area contributed by atoms with Gasteiger partial charge in [-0.1, -0.05) is 55.3 Å². The van der Waals surface area contributed by atoms with Crippen LogP contribution in [-0.4, -0.2) is 0 Å². The van der Waals surface area contributed by atoms with Gasteiger partial charge in [-0.2, -0.15) is 0 Å². The van der Waals surface area contributed by atoms with E-state index in [9.17, 15) is 0 Å². The number of allylic oxidation sites excluding steroid dienone is 2. The zero-order chi connectivity index (χ0) is 16.1. The summed E-state index contributed by atoms with van der Waals surface area (Å²) in [5.74, 6) is 0.896. The molecule has 2 unspecified atom stereocenters. The first-order valence-corrected chi connectivity index (χ1v) is 10.0. The van der Waals surface area contributed by atoms with Crippen molar-refractivity contribution in [2.75, 3.05) is 0 Å². The Balaban J connectivity index is 1.62. The molecule has 0 amide bonds. The summed E-state index contributed by atoms with van der Waals surface area (Å²) in [4.78, 5) is 0. The Morgan fingerprint density at radius 3 is 2.88 bits per heavy atom. The first kappa shape index (κ1) is 14.8. The van der Waals surface area contributed by atoms with Gasteiger partial charge in [0.2, 0.25) is 0 Å². The molecule has 124 valence electrons. The summed E-state index contributed by atoms with van der Waals surface area (Å²) < 4.78 is 0. The summed E-state index contributed by atoms with van der Waals surface area (Å²) >= 11 is 0. The molecule has 24 heavy (non-hydrogen) atoms. The fourth-order valence-electron chi connectivity index (χ4n) is 5.84. The minimum Gasteiger partial charge on any atom is -0.0850 e. The smallest absolute Gasteiger partial charge is 0.00274 e. The number of hydrogen-bond acceptors (Lipinski definition) is 0. The van der Waals surface area contributed by atoms with Gasteiger partial charge in [-0.15, -0.1) is 0 Å². The lowest BCUT2D eigenvalue weighted by Crippen LogP contribution is -2.35. The van der Waals surface area contributed by atoms with E-state index in [2.05, 4.69) is 43.3 Å². The van der Waals surface area contributed by atoms with Gasteiger partial charge in [0, 0.05) is 5.41 Å². The molecule has 0 aliphatic heterocycles. The summed E-state index contributed by atoms with van der Waals surface area (Å²) in [6.45, 7) is 2.28. The third kappa shape index (κ3) is 2.11. The van der Waals surface area contributed by atoms with E-state index in [0.29, 0.717) is 5.41 Å². The highest BCUT2D eigenvalue weighted by atomic mass is 14.5. The van der Waals surface area contributed by atoms with Crippen molar-refractivity contribution in [3.05, 3.63) is 58.7 Å². The molecule has 3 aliphatic carbocycles. The van der Waals surface area contributed by atoms with Gasteiger partial charge in [-0.3, -0.25) is 0 Å². The second-order valence-electron chi connectivity index (χ2n) is 8.48. The van der Waals surface area contributed by atoms with Crippen LogP contribution in [0.4, 0.5) is 0 Å². The molecular formula is C24H28. The highest BCUT2D eigenvalue weighted by Gasteiger charge is 2.49. The number of rotatable bonds is 3. The highest BCUT2D eigenvalue weighted by Crippen LogP contribution is 2.59. The second-order valence-corrected chi connectivity index (χ2v) is 8.48. The topological polar surface area (TPSA) is 0 Å². The zero-order valence-electron chi connectivity index (χ0n) is 14.9. The van der Waals surface area contributed by atoms with Gasteiger partial charge in [-0.05, 0) is 84.7 Å². The van der Waals surface area contributed by atoms with E-state index in [1.54, 1.807) is 16.7 Å². The molecule has 0 heteroatoms. The maximum absolute atomic E-state index is 2.60. The van der Waals surface area contributed by atoms with Crippen molar-refractivity contribution in [2.24, 2.45) is 5.92 Å². The van der Waals surface area contributed by atoms with E-state index < -0.39 is 0 Å². The quantitative estimate of drug-likeness (QED) is 0.567. The van der Waals surface area contributed by atoms with Crippen molar-refractivity contribution in [3.8, 4) is 0 Å². The first-order chi connectivity index (χ1) is 11.8. The van der Waals surface area contributed by atoms with E-state index in [1.807, 2.05) is 0 Å². The Kier molecular flexibility index (Phi) is 3.37. The van der Waals surface area contributed by atoms with Crippen molar-refractivity contribution in [1.29, 1.82) is 0 Å². The molecule has 2 aromatic rings. The zero-order valence-corrected chi connectivity index (χ0v) is 14.9. The molecule has 2 bridgehead atoms. The predicted molar refractivity (Wildman–Crippen MR) is 103 cm³/mol. The van der Waals surface area contributed by atoms with Crippen LogP contribution in [0.5, 0.6) is 0 Å². The molecule has 2 atom stereocenters. The number of unbranched alkanes of at least 4 members (excludes halogenated alkanes) is 1. The van der Waals surface area contributed by atoms with Crippen molar-refractivity contribution in [1.82, 2.24) is 0 Å². The molecule has 0 heterocycles. The van der Waals surface area contributed by atoms with Crippen LogP contribution in [0, 0.1) is 5.92 Å². The third-order valence-electron chi connectivity index (χ3n) is 7.07. The van der Waals surface area contributed by atoms with Crippen LogP contribution in [0.1, 0.15) is 68.6 Å². The Bertz CT molecular complexity index is 825. The average molecular weight is 316 g/mol. The van der Waals surface area contributed by atoms with Gasteiger partial charge < -0.3 is 0 Å². The maximum Gasteiger partial charge on any atom is 0.00274 e. The van der Waals surface area contributed by atoms with Gasteiger partial charge in [-0.25, -0.2) is 0 Å². The fraction of sp³-hybridized carbons (Fsp3) is 0.500. The van der Waals surface area contributed by atoms with E-state index in [0.717, 1.165) is 5.92 Å². The number of aryl methyl sites for hydroxylation is 2. The van der Waals surface area contributed by atoms with Crippen LogP contribution in [0.3, 0.4) is 0 Å². The molecule has 0 nitrogen and oxygen atoms in total. The molecule has 2 aromatic carbocycles. The van der Waals surface area contributed by atoms with Crippen LogP contribution in [-0.2, 0) is 18.3 Å². The molecule has 5 rings (SSSR count). The largest absolute Gasteiger partial charge is 0.0850 e. The van der Waals surface area contributed by atoms with Gasteiger partial charge in [0.25, 0.3) is 0 Å². The molecule has 1 saturated carbocycles. The Morgan fingerprint density at radius 1 is 1.12 bits per heavy atom. The monoisotopic (exact) mass is 316 g/mol. The molecular weight excluding hydrogens is 288 g/mol. The van der Waals surface area contributed by atoms with Gasteiger partial charge in [0.1, 0.15) is 0 Å². The molecule has 3 aliphatic rings. The maximum atomic E-state index is 2.60. The summed E-state index contributed by atoms with van der Waals surface area (Å²) in [7, 11) is 0. The molecule has 0 saturated heterocycles. The standard InChI is InChI=1S/C24H28/c1-2-3-5-17-7-9-19-14-20-6-4-11-24(23(20)15-21(19)12-17)16-18-8-10-22(24)13-18/h7-9,12,14-15,22H,2-6,10-11,13,16H2,1H3. The van der Waals surface area contributed by atoms with Crippen molar-refractivity contribution in [2.45, 2.75) is 70.1 Å². The van der Waals surface area contributed by atoms with Crippen LogP contribution in [0.25, 0.3) is 10.8 Å². The number of hydrogen-bond donors (Lipinski definition) is 0. The van der Waals surface area contributed by atoms with E-state index in [-0.39, 0.29) is 0 Å². The molecule has 1 fully saturated rings. The second kappa shape index (κ2) is 5.48. The average Bonchev–Trinajstić information content (AvgIpc) is 3.20. The van der Waals surface area contributed by atoms with Crippen LogP contribution in [0.2, 0.25) is 0 Å². The Hall–Kier alpha value is -1.56. The molecule has 0 N–H and O–H groups in total. The lowest BCUT2D eigenvalue weighted by Gasteiger charge is -2.41. The van der Waals surface area contributed by atoms with Crippen LogP contribution < -0.4 is 0 Å². The summed E-state index contributed by atoms with van der Waals surface area (Å²) in [6.07, 6.45) is 14.5. The predicted octanol–water partition coefficient (Wildman–Crippen LogP) is 6.50. The van der Waals surface area contributed by atoms with Crippen LogP contribution in [0.15, 0.2) is 42.0 Å². The van der Waals surface area contributed by atoms with Crippen molar-refractivity contribution >= 4 is 10.8 Å². The molecule has 1 spiro atoms. The number of fused-ring (bicyclic) bond motifs is 6. The van der Waals surface area contributed by atoms with Gasteiger partial charge in [0.15, 0.2) is 0 Å². The molecule has 0 radical (unpaired) electrons. The summed E-state index contributed by atoms with van der Waals surface area (Å²) in [5, 5.41) is 2.94. The summed E-state index contributed by atoms with van der Waals surface area (Å²) in [6, 6.07) is 12.3. The normalized spacial score (nSPS) is 27.7. The minimum atomic E-state index is 0.491. The minimum absolute atomic E-state index is 0.491. The first-order valence-electron chi connectivity index (χ1n) is 10.0. The molecule has 0 aromatic heterocycles. The van der Waals surface area contributed by atoms with Crippen molar-refractivity contribution in [3.63, 3.8) is 0 Å². The lowest BCUT2D eigenvalue weighted by atomic mass is 9.62. The Labute approximate surface area is 146 Å². The Morgan fingerprint density at radius 2 is 2.08 bits per heavy atom. The summed E-state index contributed by atoms with van der Waals surface area (Å²) in [5.41, 5.74) is 7.14. The van der Waals surface area contributed by atoms with E-state index in [4.69, 9.17) is 0 Å². The van der Waals surface area contributed by atoms with E-state index >= 15 is 0 Å². The SMILES string of the molecule is CCCCc1ccc2cc3c(cc2c1)C1(CCC3)CC2=CCC1C2. The number of benzene rings is 2. The lowest BCUT2D eigenvalue weighted by molar-refractivity contribution is 0.270. The highest BCUT2D eigenvalue weighted by molar-refractivity contribution is 5.85. The fourth-order valence-corrected chi connectivity index (χ4v) is 5.84. The van der Waals surface area contributed by atoms with Gasteiger partial charge >= 0.3 is 0 Å². The van der Waals surface area contributed by atoms with Crippen molar-refractivity contribution < 1.29 is 0 Å². The van der Waals surface area contributed by atoms with E-state index in [1.165, 1.54) is 74.1 Å². The van der Waals surface area contributed by atoms with Crippen LogP contribution >= 0.6 is 0 Å². The third-order valence-corrected chi connectivity index (χ3v) is 7.07.